The Labute approximate surface area is 254 Å². The van der Waals surface area contributed by atoms with E-state index in [0.29, 0.717) is 49.6 Å². The Hall–Kier alpha value is -2.94. The lowest BCUT2D eigenvalue weighted by Gasteiger charge is -2.43. The molecular formula is C30H33ClF3N5O2S. The van der Waals surface area contributed by atoms with E-state index >= 15 is 0 Å². The van der Waals surface area contributed by atoms with Crippen LogP contribution in [-0.2, 0) is 17.4 Å². The number of nitrogens with zero attached hydrogens (tertiary/aromatic N) is 4. The number of aromatic nitrogens is 1. The number of carbonyl (C=O) groups excluding carboxylic acids is 1. The zero-order valence-electron chi connectivity index (χ0n) is 23.2. The second-order valence-corrected chi connectivity index (χ2v) is 12.0. The van der Waals surface area contributed by atoms with Crippen LogP contribution in [0.2, 0.25) is 0 Å². The number of benzene rings is 1. The summed E-state index contributed by atoms with van der Waals surface area (Å²) in [4.78, 5) is 20.4. The molecule has 0 radical (unpaired) electrons. The van der Waals surface area contributed by atoms with E-state index in [1.165, 1.54) is 31.8 Å². The predicted octanol–water partition coefficient (Wildman–Crippen LogP) is 6.32. The summed E-state index contributed by atoms with van der Waals surface area (Å²) >= 11 is 5.75. The molecule has 6 rings (SSSR count). The Bertz CT molecular complexity index is 1410. The van der Waals surface area contributed by atoms with Crippen molar-refractivity contribution in [1.82, 2.24) is 10.3 Å². The number of aryl methyl sites for hydroxylation is 1. The average molecular weight is 620 g/mol. The highest BCUT2D eigenvalue weighted by molar-refractivity contribution is 7.81. The second-order valence-electron chi connectivity index (χ2n) is 11.6. The largest absolute Gasteiger partial charge is 0.493 e. The normalized spacial score (nSPS) is 24.4. The molecule has 12 heteroatoms. The number of rotatable bonds is 7. The van der Waals surface area contributed by atoms with Gasteiger partial charge >= 0.3 is 6.18 Å². The van der Waals surface area contributed by atoms with Gasteiger partial charge in [0.1, 0.15) is 17.4 Å². The van der Waals surface area contributed by atoms with Gasteiger partial charge in [0.2, 0.25) is 0 Å². The number of hydrogen-bond donors (Lipinski definition) is 1. The first-order chi connectivity index (χ1) is 19.6. The van der Waals surface area contributed by atoms with Gasteiger partial charge in [0.05, 0.1) is 24.1 Å². The Morgan fingerprint density at radius 2 is 1.90 bits per heavy atom. The van der Waals surface area contributed by atoms with Crippen molar-refractivity contribution in [3.63, 3.8) is 0 Å². The maximum atomic E-state index is 13.8. The number of alkyl halides is 3. The molecule has 42 heavy (non-hydrogen) atoms. The SMILES string of the molecule is CCc1cc(N2C(=S)N(c3cnc(C#N)c(C(F)(F)F)c3)C(=O)C23CCC3)ccc1OCCC1CC2CCC(C1)N2.Cl. The summed E-state index contributed by atoms with van der Waals surface area (Å²) in [5.41, 5.74) is -1.30. The summed E-state index contributed by atoms with van der Waals surface area (Å²) in [6.45, 7) is 2.68. The Morgan fingerprint density at radius 3 is 2.50 bits per heavy atom. The lowest BCUT2D eigenvalue weighted by molar-refractivity contribution is -0.138. The molecular weight excluding hydrogens is 587 g/mol. The maximum absolute atomic E-state index is 13.8. The van der Waals surface area contributed by atoms with E-state index in [1.807, 2.05) is 25.1 Å². The summed E-state index contributed by atoms with van der Waals surface area (Å²) in [5.74, 6) is 1.10. The highest BCUT2D eigenvalue weighted by Gasteiger charge is 2.59. The van der Waals surface area contributed by atoms with Gasteiger partial charge in [-0.25, -0.2) is 4.98 Å². The third-order valence-corrected chi connectivity index (χ3v) is 9.54. The fourth-order valence-corrected chi connectivity index (χ4v) is 7.43. The number of halogens is 4. The number of pyridine rings is 1. The van der Waals surface area contributed by atoms with E-state index in [4.69, 9.17) is 22.2 Å². The number of nitrogens with one attached hydrogen (secondary N) is 1. The molecule has 1 amide bonds. The summed E-state index contributed by atoms with van der Waals surface area (Å²) in [5, 5.41) is 12.9. The molecule has 2 bridgehead atoms. The van der Waals surface area contributed by atoms with Crippen molar-refractivity contribution in [2.75, 3.05) is 16.4 Å². The monoisotopic (exact) mass is 619 g/mol. The van der Waals surface area contributed by atoms with Crippen LogP contribution in [0.25, 0.3) is 0 Å². The number of carbonyl (C=O) groups is 1. The summed E-state index contributed by atoms with van der Waals surface area (Å²) < 4.78 is 47.2. The standard InChI is InChI=1S/C30H32F3N5O2S.ClH/c1-2-19-14-22(6-7-26(19)40-11-8-18-12-20-4-5-21(13-18)36-20)38-28(41)37(27(39)29(38)9-3-10-29)23-15-24(30(31,32)33)25(16-34)35-17-23;/h6-7,14-15,17-18,20-21,36H,2-5,8-13H2,1H3;1H. The average Bonchev–Trinajstić information content (AvgIpc) is 3.39. The molecule has 3 aliphatic heterocycles. The van der Waals surface area contributed by atoms with Gasteiger partial charge in [0.15, 0.2) is 10.8 Å². The lowest BCUT2D eigenvalue weighted by atomic mass is 9.75. The van der Waals surface area contributed by atoms with Crippen LogP contribution in [0.3, 0.4) is 0 Å². The number of thiocarbonyl (C=S) groups is 1. The minimum Gasteiger partial charge on any atom is -0.493 e. The highest BCUT2D eigenvalue weighted by atomic mass is 35.5. The van der Waals surface area contributed by atoms with Crippen LogP contribution in [-0.4, -0.2) is 40.2 Å². The smallest absolute Gasteiger partial charge is 0.419 e. The van der Waals surface area contributed by atoms with Crippen molar-refractivity contribution in [1.29, 1.82) is 5.26 Å². The Kier molecular flexibility index (Phi) is 8.45. The molecule has 2 aromatic rings. The first kappa shape index (κ1) is 30.5. The van der Waals surface area contributed by atoms with E-state index < -0.39 is 23.0 Å². The van der Waals surface area contributed by atoms with E-state index in [9.17, 15) is 18.0 Å². The number of hydrogen-bond acceptors (Lipinski definition) is 6. The number of amides is 1. The van der Waals surface area contributed by atoms with Crippen LogP contribution < -0.4 is 19.9 Å². The number of piperidine rings is 1. The van der Waals surface area contributed by atoms with E-state index in [0.717, 1.165) is 41.3 Å². The first-order valence-corrected chi connectivity index (χ1v) is 14.7. The molecule has 1 aromatic carbocycles. The number of nitriles is 1. The van der Waals surface area contributed by atoms with Gasteiger partial charge in [-0.05, 0) is 106 Å². The minimum atomic E-state index is -4.80. The zero-order chi connectivity index (χ0) is 28.9. The summed E-state index contributed by atoms with van der Waals surface area (Å²) in [6.07, 6.45) is 4.87. The summed E-state index contributed by atoms with van der Waals surface area (Å²) in [6, 6.07) is 9.32. The quantitative estimate of drug-likeness (QED) is 0.364. The molecule has 1 aromatic heterocycles. The first-order valence-electron chi connectivity index (χ1n) is 14.3. The van der Waals surface area contributed by atoms with Gasteiger partial charge < -0.3 is 15.0 Å². The van der Waals surface area contributed by atoms with Crippen LogP contribution in [0, 0.1) is 17.2 Å². The van der Waals surface area contributed by atoms with Gasteiger partial charge in [0, 0.05) is 17.8 Å². The molecule has 4 fully saturated rings. The molecule has 2 unspecified atom stereocenters. The number of anilines is 2. The van der Waals surface area contributed by atoms with Crippen LogP contribution in [0.5, 0.6) is 5.75 Å². The predicted molar refractivity (Wildman–Crippen MR) is 159 cm³/mol. The van der Waals surface area contributed by atoms with Crippen molar-refractivity contribution in [3.05, 3.63) is 47.3 Å². The molecule has 4 aliphatic rings. The Morgan fingerprint density at radius 1 is 1.19 bits per heavy atom. The summed E-state index contributed by atoms with van der Waals surface area (Å²) in [7, 11) is 0. The van der Waals surface area contributed by atoms with Gasteiger partial charge in [0.25, 0.3) is 5.91 Å². The van der Waals surface area contributed by atoms with Crippen LogP contribution in [0.1, 0.15) is 75.1 Å². The third-order valence-electron chi connectivity index (χ3n) is 9.17. The maximum Gasteiger partial charge on any atom is 0.419 e. The lowest BCUT2D eigenvalue weighted by Crippen LogP contribution is -2.55. The van der Waals surface area contributed by atoms with Crippen LogP contribution >= 0.6 is 24.6 Å². The van der Waals surface area contributed by atoms with Gasteiger partial charge in [-0.15, -0.1) is 12.4 Å². The molecule has 1 aliphatic carbocycles. The molecule has 4 heterocycles. The molecule has 1 saturated carbocycles. The minimum absolute atomic E-state index is 0. The van der Waals surface area contributed by atoms with Crippen molar-refractivity contribution in [2.45, 2.75) is 88.5 Å². The molecule has 7 nitrogen and oxygen atoms in total. The van der Waals surface area contributed by atoms with E-state index in [-0.39, 0.29) is 29.1 Å². The van der Waals surface area contributed by atoms with E-state index in [2.05, 4.69) is 10.3 Å². The van der Waals surface area contributed by atoms with Gasteiger partial charge in [-0.2, -0.15) is 18.4 Å². The fraction of sp³-hybridized carbons (Fsp3) is 0.533. The van der Waals surface area contributed by atoms with Crippen LogP contribution in [0.4, 0.5) is 24.5 Å². The van der Waals surface area contributed by atoms with Gasteiger partial charge in [-0.1, -0.05) is 6.92 Å². The fourth-order valence-electron chi connectivity index (χ4n) is 6.96. The molecule has 2 atom stereocenters. The van der Waals surface area contributed by atoms with E-state index in [1.54, 1.807) is 4.90 Å². The molecule has 224 valence electrons. The second kappa shape index (κ2) is 11.6. The van der Waals surface area contributed by atoms with Crippen molar-refractivity contribution >= 4 is 47.0 Å². The Balaban J connectivity index is 0.00000353. The topological polar surface area (TPSA) is 81.5 Å². The molecule has 1 N–H and O–H groups in total. The number of fused-ring (bicyclic) bond motifs is 2. The van der Waals surface area contributed by atoms with Gasteiger partial charge in [-0.3, -0.25) is 9.69 Å². The van der Waals surface area contributed by atoms with Crippen molar-refractivity contribution in [2.24, 2.45) is 5.92 Å². The number of ether oxygens (including phenoxy) is 1. The highest BCUT2D eigenvalue weighted by Crippen LogP contribution is 2.49. The molecule has 1 spiro atoms. The zero-order valence-corrected chi connectivity index (χ0v) is 24.9. The molecule has 3 saturated heterocycles. The van der Waals surface area contributed by atoms with Crippen LogP contribution in [0.15, 0.2) is 30.5 Å². The van der Waals surface area contributed by atoms with Crippen molar-refractivity contribution < 1.29 is 22.7 Å². The van der Waals surface area contributed by atoms with Crippen molar-refractivity contribution in [3.8, 4) is 11.8 Å². The third kappa shape index (κ3) is 5.22.